The van der Waals surface area contributed by atoms with Gasteiger partial charge in [0.15, 0.2) is 4.90 Å². The van der Waals surface area contributed by atoms with Crippen molar-refractivity contribution >= 4 is 19.7 Å². The third-order valence-electron chi connectivity index (χ3n) is 1.61. The van der Waals surface area contributed by atoms with Gasteiger partial charge < -0.3 is 4.74 Å². The molecule has 0 radical (unpaired) electrons. The topological polar surface area (TPSA) is 43.4 Å². The molecule has 3 nitrogen and oxygen atoms in total. The van der Waals surface area contributed by atoms with Crippen molar-refractivity contribution in [2.45, 2.75) is 11.5 Å². The average molecular weight is 257 g/mol. The van der Waals surface area contributed by atoms with Crippen LogP contribution in [0.1, 0.15) is 5.56 Å². The molecule has 0 aliphatic heterocycles. The normalized spacial score (nSPS) is 11.7. The fraction of sp³-hybridized carbons (Fsp3) is 0.250. The van der Waals surface area contributed by atoms with Crippen LogP contribution in [0.2, 0.25) is 0 Å². The second kappa shape index (κ2) is 4.42. The third kappa shape index (κ3) is 2.87. The van der Waals surface area contributed by atoms with Crippen LogP contribution in [0.5, 0.6) is 0 Å². The highest BCUT2D eigenvalue weighted by molar-refractivity contribution is 8.13. The van der Waals surface area contributed by atoms with Gasteiger partial charge in [-0.2, -0.15) is 0 Å². The van der Waals surface area contributed by atoms with Crippen molar-refractivity contribution in [3.05, 3.63) is 29.3 Å². The zero-order valence-electron chi connectivity index (χ0n) is 7.63. The van der Waals surface area contributed by atoms with E-state index in [-0.39, 0.29) is 12.2 Å². The maximum absolute atomic E-state index is 13.2. The van der Waals surface area contributed by atoms with Crippen LogP contribution in [0.15, 0.2) is 17.0 Å². The molecule has 1 aromatic carbocycles. The summed E-state index contributed by atoms with van der Waals surface area (Å²) >= 11 is 0. The zero-order valence-corrected chi connectivity index (χ0v) is 9.20. The fourth-order valence-corrected chi connectivity index (χ4v) is 2.12. The van der Waals surface area contributed by atoms with Crippen LogP contribution in [-0.4, -0.2) is 15.5 Å². The van der Waals surface area contributed by atoms with E-state index in [0.29, 0.717) is 0 Å². The summed E-state index contributed by atoms with van der Waals surface area (Å²) < 4.78 is 52.6. The molecule has 0 saturated carbocycles. The Kier molecular flexibility index (Phi) is 3.64. The van der Waals surface area contributed by atoms with Crippen molar-refractivity contribution in [2.75, 3.05) is 7.11 Å². The van der Waals surface area contributed by atoms with E-state index in [1.54, 1.807) is 0 Å². The van der Waals surface area contributed by atoms with Crippen molar-refractivity contribution in [3.63, 3.8) is 0 Å². The molecule has 0 spiro atoms. The average Bonchev–Trinajstić information content (AvgIpc) is 1.99. The molecule has 0 saturated heterocycles. The van der Waals surface area contributed by atoms with E-state index in [9.17, 15) is 17.2 Å². The van der Waals surface area contributed by atoms with E-state index in [1.165, 1.54) is 7.11 Å². The highest BCUT2D eigenvalue weighted by atomic mass is 35.7. The number of ether oxygens (including phenoxy) is 1. The Morgan fingerprint density at radius 3 is 2.13 bits per heavy atom. The number of hydrogen-bond acceptors (Lipinski definition) is 3. The molecule has 0 aromatic heterocycles. The van der Waals surface area contributed by atoms with Gasteiger partial charge in [0.05, 0.1) is 6.61 Å². The van der Waals surface area contributed by atoms with Crippen LogP contribution in [0.4, 0.5) is 8.78 Å². The lowest BCUT2D eigenvalue weighted by atomic mass is 10.2. The second-order valence-corrected chi connectivity index (χ2v) is 5.26. The molecular weight excluding hydrogens is 250 g/mol. The standard InChI is InChI=1S/C8H7ClF2O3S/c1-14-4-5-2-6(10)8(7(11)3-5)15(9,12)13/h2-3H,4H2,1H3. The Bertz CT molecular complexity index is 450. The minimum Gasteiger partial charge on any atom is -0.380 e. The molecule has 0 heterocycles. The van der Waals surface area contributed by atoms with Crippen LogP contribution in [0.25, 0.3) is 0 Å². The number of hydrogen-bond donors (Lipinski definition) is 0. The third-order valence-corrected chi connectivity index (χ3v) is 2.95. The van der Waals surface area contributed by atoms with E-state index in [1.807, 2.05) is 0 Å². The van der Waals surface area contributed by atoms with E-state index < -0.39 is 25.6 Å². The Morgan fingerprint density at radius 2 is 1.80 bits per heavy atom. The van der Waals surface area contributed by atoms with Gasteiger partial charge in [0, 0.05) is 17.8 Å². The van der Waals surface area contributed by atoms with E-state index in [0.717, 1.165) is 12.1 Å². The first-order valence-corrected chi connectivity index (χ1v) is 6.08. The van der Waals surface area contributed by atoms with Gasteiger partial charge in [0.1, 0.15) is 11.6 Å². The van der Waals surface area contributed by atoms with Crippen LogP contribution in [0.3, 0.4) is 0 Å². The Hall–Kier alpha value is -0.720. The summed E-state index contributed by atoms with van der Waals surface area (Å²) in [7, 11) is 1.79. The van der Waals surface area contributed by atoms with Crippen molar-refractivity contribution in [1.29, 1.82) is 0 Å². The Balaban J connectivity index is 3.34. The molecule has 0 unspecified atom stereocenters. The van der Waals surface area contributed by atoms with Crippen LogP contribution in [0, 0.1) is 11.6 Å². The van der Waals surface area contributed by atoms with E-state index >= 15 is 0 Å². The molecule has 15 heavy (non-hydrogen) atoms. The molecular formula is C8H7ClF2O3S. The van der Waals surface area contributed by atoms with Gasteiger partial charge in [-0.15, -0.1) is 0 Å². The smallest absolute Gasteiger partial charge is 0.267 e. The predicted molar refractivity (Wildman–Crippen MR) is 50.1 cm³/mol. The molecule has 0 bridgehead atoms. The molecule has 0 aliphatic rings. The monoisotopic (exact) mass is 256 g/mol. The molecule has 0 amide bonds. The lowest BCUT2D eigenvalue weighted by Crippen LogP contribution is -2.02. The predicted octanol–water partition coefficient (Wildman–Crippen LogP) is 2.04. The van der Waals surface area contributed by atoms with Gasteiger partial charge in [-0.05, 0) is 17.7 Å². The number of rotatable bonds is 3. The molecule has 0 aliphatic carbocycles. The second-order valence-electron chi connectivity index (χ2n) is 2.76. The van der Waals surface area contributed by atoms with Crippen LogP contribution < -0.4 is 0 Å². The Labute approximate surface area is 90.0 Å². The van der Waals surface area contributed by atoms with E-state index in [4.69, 9.17) is 10.7 Å². The zero-order chi connectivity index (χ0) is 11.6. The molecule has 84 valence electrons. The summed E-state index contributed by atoms with van der Waals surface area (Å²) in [6.07, 6.45) is 0. The van der Waals surface area contributed by atoms with E-state index in [2.05, 4.69) is 4.74 Å². The summed E-state index contributed by atoms with van der Waals surface area (Å²) in [6, 6.07) is 1.73. The van der Waals surface area contributed by atoms with Crippen molar-refractivity contribution in [2.24, 2.45) is 0 Å². The number of halogens is 3. The SMILES string of the molecule is COCc1cc(F)c(S(=O)(=O)Cl)c(F)c1. The van der Waals surface area contributed by atoms with Crippen molar-refractivity contribution in [1.82, 2.24) is 0 Å². The lowest BCUT2D eigenvalue weighted by Gasteiger charge is -2.04. The van der Waals surface area contributed by atoms with Gasteiger partial charge in [-0.1, -0.05) is 0 Å². The first kappa shape index (κ1) is 12.4. The van der Waals surface area contributed by atoms with Gasteiger partial charge in [0.25, 0.3) is 9.05 Å². The summed E-state index contributed by atoms with van der Waals surface area (Å²) in [5, 5.41) is 0. The fourth-order valence-electron chi connectivity index (χ4n) is 1.10. The lowest BCUT2D eigenvalue weighted by molar-refractivity contribution is 0.184. The molecule has 1 aromatic rings. The molecule has 0 N–H and O–H groups in total. The van der Waals surface area contributed by atoms with Gasteiger partial charge in [-0.3, -0.25) is 0 Å². The quantitative estimate of drug-likeness (QED) is 0.778. The van der Waals surface area contributed by atoms with Crippen LogP contribution in [-0.2, 0) is 20.4 Å². The summed E-state index contributed by atoms with van der Waals surface area (Å²) in [5.41, 5.74) is 0.191. The molecule has 0 atom stereocenters. The molecule has 1 rings (SSSR count). The minimum atomic E-state index is -4.41. The van der Waals surface area contributed by atoms with Crippen molar-refractivity contribution < 1.29 is 21.9 Å². The maximum atomic E-state index is 13.2. The molecule has 0 fully saturated rings. The maximum Gasteiger partial charge on any atom is 0.267 e. The number of benzene rings is 1. The number of methoxy groups -OCH3 is 1. The first-order chi connectivity index (χ1) is 6.86. The summed E-state index contributed by atoms with van der Waals surface area (Å²) in [5.74, 6) is -2.45. The largest absolute Gasteiger partial charge is 0.380 e. The van der Waals surface area contributed by atoms with Gasteiger partial charge in [-0.25, -0.2) is 17.2 Å². The van der Waals surface area contributed by atoms with Gasteiger partial charge in [0.2, 0.25) is 0 Å². The van der Waals surface area contributed by atoms with Crippen molar-refractivity contribution in [3.8, 4) is 0 Å². The first-order valence-electron chi connectivity index (χ1n) is 3.77. The molecule has 7 heteroatoms. The summed E-state index contributed by atoms with van der Waals surface area (Å²) in [6.45, 7) is -0.0174. The highest BCUT2D eigenvalue weighted by Crippen LogP contribution is 2.24. The van der Waals surface area contributed by atoms with Gasteiger partial charge >= 0.3 is 0 Å². The highest BCUT2D eigenvalue weighted by Gasteiger charge is 2.22. The Morgan fingerprint density at radius 1 is 1.33 bits per heavy atom. The minimum absolute atomic E-state index is 0.0174. The van der Waals surface area contributed by atoms with Crippen LogP contribution >= 0.6 is 10.7 Å². The summed E-state index contributed by atoms with van der Waals surface area (Å²) in [4.78, 5) is -1.14.